The summed E-state index contributed by atoms with van der Waals surface area (Å²) in [6.45, 7) is 9.54. The van der Waals surface area contributed by atoms with Crippen molar-refractivity contribution in [3.8, 4) is 17.4 Å². The Morgan fingerprint density at radius 2 is 1.82 bits per heavy atom. The van der Waals surface area contributed by atoms with Crippen molar-refractivity contribution in [3.05, 3.63) is 48.2 Å². The lowest BCUT2D eigenvalue weighted by atomic mass is 10.2. The largest absolute Gasteiger partial charge is 0.494 e. The van der Waals surface area contributed by atoms with Gasteiger partial charge in [-0.2, -0.15) is 0 Å². The summed E-state index contributed by atoms with van der Waals surface area (Å²) in [4.78, 5) is 11.3. The van der Waals surface area contributed by atoms with Crippen LogP contribution in [0.4, 0.5) is 0 Å². The van der Waals surface area contributed by atoms with E-state index in [1.165, 1.54) is 0 Å². The van der Waals surface area contributed by atoms with E-state index in [0.29, 0.717) is 24.8 Å². The second kappa shape index (κ2) is 17.4. The molecular weight excluding hydrogens is 533 g/mol. The number of likely N-dealkylation sites (N-methyl/N-ethyl adjacent to an activating group) is 1. The van der Waals surface area contributed by atoms with Crippen LogP contribution >= 0.6 is 24.0 Å². The number of aliphatic imine (C=N–C) groups is 1. The number of halogens is 1. The summed E-state index contributed by atoms with van der Waals surface area (Å²) in [6.07, 6.45) is 2.77. The highest BCUT2D eigenvalue weighted by Gasteiger charge is 2.04. The number of ether oxygens (including phenoxy) is 3. The predicted molar refractivity (Wildman–Crippen MR) is 144 cm³/mol. The molecule has 0 saturated carbocycles. The zero-order valence-electron chi connectivity index (χ0n) is 20.2. The standard InChI is InChI=1S/C24H37N5O3.HI/c1-5-25-24(27-14-16-29(3)15-7-17-30-4)28-19-20-12-13-26-23(18-20)32-22-10-8-21(9-11-22)31-6-2;/h8-13,18H,5-7,14-17,19H2,1-4H3,(H2,25,27,28);1H. The van der Waals surface area contributed by atoms with Crippen molar-refractivity contribution < 1.29 is 14.2 Å². The molecule has 1 aromatic heterocycles. The molecule has 9 heteroatoms. The van der Waals surface area contributed by atoms with Crippen molar-refractivity contribution >= 4 is 29.9 Å². The van der Waals surface area contributed by atoms with Crippen LogP contribution in [0, 0.1) is 0 Å². The Balaban J connectivity index is 0.00000544. The van der Waals surface area contributed by atoms with Gasteiger partial charge >= 0.3 is 0 Å². The number of benzene rings is 1. The summed E-state index contributed by atoms with van der Waals surface area (Å²) in [7, 11) is 3.85. The topological polar surface area (TPSA) is 80.2 Å². The summed E-state index contributed by atoms with van der Waals surface area (Å²) in [5.74, 6) is 2.87. The molecule has 2 N–H and O–H groups in total. The third kappa shape index (κ3) is 12.1. The Labute approximate surface area is 215 Å². The molecule has 0 aliphatic rings. The molecule has 8 nitrogen and oxygen atoms in total. The SMILES string of the molecule is CCNC(=NCc1ccnc(Oc2ccc(OCC)cc2)c1)NCCN(C)CCCOC.I. The van der Waals surface area contributed by atoms with Crippen LogP contribution in [-0.4, -0.2) is 69.4 Å². The molecule has 0 radical (unpaired) electrons. The fourth-order valence-electron chi connectivity index (χ4n) is 2.96. The Morgan fingerprint density at radius 1 is 1.06 bits per heavy atom. The van der Waals surface area contributed by atoms with E-state index in [0.717, 1.165) is 56.5 Å². The number of hydrogen-bond acceptors (Lipinski definition) is 6. The molecule has 0 aliphatic carbocycles. The number of methoxy groups -OCH3 is 1. The Hall–Kier alpha value is -2.11. The van der Waals surface area contributed by atoms with Gasteiger partial charge in [0, 0.05) is 52.2 Å². The molecule has 0 bridgehead atoms. The van der Waals surface area contributed by atoms with Gasteiger partial charge < -0.3 is 29.7 Å². The van der Waals surface area contributed by atoms with Gasteiger partial charge in [0.05, 0.1) is 13.2 Å². The van der Waals surface area contributed by atoms with Crippen LogP contribution in [0.3, 0.4) is 0 Å². The van der Waals surface area contributed by atoms with Crippen molar-refractivity contribution in [2.24, 2.45) is 4.99 Å². The molecule has 0 spiro atoms. The first kappa shape index (κ1) is 28.9. The maximum atomic E-state index is 5.88. The minimum atomic E-state index is 0. The van der Waals surface area contributed by atoms with Crippen LogP contribution in [0.2, 0.25) is 0 Å². The second-order valence-electron chi connectivity index (χ2n) is 7.28. The van der Waals surface area contributed by atoms with Crippen molar-refractivity contribution in [1.82, 2.24) is 20.5 Å². The third-order valence-electron chi connectivity index (χ3n) is 4.59. The van der Waals surface area contributed by atoms with E-state index in [2.05, 4.69) is 34.5 Å². The van der Waals surface area contributed by atoms with Gasteiger partial charge in [-0.15, -0.1) is 24.0 Å². The smallest absolute Gasteiger partial charge is 0.219 e. The van der Waals surface area contributed by atoms with E-state index in [-0.39, 0.29) is 24.0 Å². The Kier molecular flexibility index (Phi) is 15.2. The molecule has 1 aromatic carbocycles. The van der Waals surface area contributed by atoms with Crippen LogP contribution in [-0.2, 0) is 11.3 Å². The van der Waals surface area contributed by atoms with E-state index < -0.39 is 0 Å². The van der Waals surface area contributed by atoms with E-state index in [9.17, 15) is 0 Å². The van der Waals surface area contributed by atoms with Crippen LogP contribution in [0.1, 0.15) is 25.8 Å². The molecule has 184 valence electrons. The van der Waals surface area contributed by atoms with Gasteiger partial charge in [-0.25, -0.2) is 9.98 Å². The molecule has 1 heterocycles. The van der Waals surface area contributed by atoms with Crippen LogP contribution in [0.25, 0.3) is 0 Å². The van der Waals surface area contributed by atoms with Crippen LogP contribution in [0.5, 0.6) is 17.4 Å². The van der Waals surface area contributed by atoms with Crippen molar-refractivity contribution in [1.29, 1.82) is 0 Å². The molecule has 2 rings (SSSR count). The average Bonchev–Trinajstić information content (AvgIpc) is 2.79. The van der Waals surface area contributed by atoms with E-state index in [1.807, 2.05) is 43.3 Å². The fourth-order valence-corrected chi connectivity index (χ4v) is 2.96. The molecule has 0 unspecified atom stereocenters. The Bertz CT molecular complexity index is 805. The number of hydrogen-bond donors (Lipinski definition) is 2. The molecule has 0 atom stereocenters. The number of pyridine rings is 1. The van der Waals surface area contributed by atoms with Gasteiger partial charge in [0.25, 0.3) is 0 Å². The summed E-state index contributed by atoms with van der Waals surface area (Å²) < 4.78 is 16.4. The van der Waals surface area contributed by atoms with E-state index in [1.54, 1.807) is 13.3 Å². The van der Waals surface area contributed by atoms with Gasteiger partial charge in [-0.05, 0) is 63.2 Å². The van der Waals surface area contributed by atoms with Crippen molar-refractivity contribution in [2.45, 2.75) is 26.8 Å². The van der Waals surface area contributed by atoms with Gasteiger partial charge in [-0.1, -0.05) is 0 Å². The van der Waals surface area contributed by atoms with Gasteiger partial charge in [0.1, 0.15) is 11.5 Å². The van der Waals surface area contributed by atoms with Crippen molar-refractivity contribution in [2.75, 3.05) is 53.6 Å². The minimum Gasteiger partial charge on any atom is -0.494 e. The maximum absolute atomic E-state index is 5.88. The summed E-state index contributed by atoms with van der Waals surface area (Å²) in [5.41, 5.74) is 1.02. The minimum absolute atomic E-state index is 0. The van der Waals surface area contributed by atoms with Crippen molar-refractivity contribution in [3.63, 3.8) is 0 Å². The highest BCUT2D eigenvalue weighted by atomic mass is 127. The number of guanidine groups is 1. The first-order valence-electron chi connectivity index (χ1n) is 11.2. The Morgan fingerprint density at radius 3 is 2.52 bits per heavy atom. The number of aromatic nitrogens is 1. The monoisotopic (exact) mass is 571 g/mol. The third-order valence-corrected chi connectivity index (χ3v) is 4.59. The van der Waals surface area contributed by atoms with Crippen LogP contribution < -0.4 is 20.1 Å². The highest BCUT2D eigenvalue weighted by Crippen LogP contribution is 2.23. The summed E-state index contributed by atoms with van der Waals surface area (Å²) in [6, 6.07) is 11.4. The molecular formula is C24H38IN5O3. The molecule has 33 heavy (non-hydrogen) atoms. The molecule has 0 amide bonds. The van der Waals surface area contributed by atoms with Gasteiger partial charge in [0.2, 0.25) is 5.88 Å². The lowest BCUT2D eigenvalue weighted by molar-refractivity contribution is 0.180. The second-order valence-corrected chi connectivity index (χ2v) is 7.28. The first-order valence-corrected chi connectivity index (χ1v) is 11.2. The highest BCUT2D eigenvalue weighted by molar-refractivity contribution is 14.0. The average molecular weight is 572 g/mol. The normalized spacial score (nSPS) is 11.1. The summed E-state index contributed by atoms with van der Waals surface area (Å²) in [5, 5.41) is 6.68. The van der Waals surface area contributed by atoms with E-state index >= 15 is 0 Å². The summed E-state index contributed by atoms with van der Waals surface area (Å²) >= 11 is 0. The number of nitrogens with one attached hydrogen (secondary N) is 2. The zero-order chi connectivity index (χ0) is 23.0. The predicted octanol–water partition coefficient (Wildman–Crippen LogP) is 3.91. The van der Waals surface area contributed by atoms with Crippen LogP contribution in [0.15, 0.2) is 47.6 Å². The zero-order valence-corrected chi connectivity index (χ0v) is 22.5. The quantitative estimate of drug-likeness (QED) is 0.154. The molecule has 0 saturated heterocycles. The lowest BCUT2D eigenvalue weighted by Crippen LogP contribution is -2.41. The molecule has 0 aliphatic heterocycles. The van der Waals surface area contributed by atoms with E-state index in [4.69, 9.17) is 19.2 Å². The lowest BCUT2D eigenvalue weighted by Gasteiger charge is -2.18. The first-order chi connectivity index (χ1) is 15.6. The fraction of sp³-hybridized carbons (Fsp3) is 0.500. The number of nitrogens with zero attached hydrogens (tertiary/aromatic N) is 3. The molecule has 0 fully saturated rings. The maximum Gasteiger partial charge on any atom is 0.219 e. The number of rotatable bonds is 14. The van der Waals surface area contributed by atoms with Gasteiger partial charge in [0.15, 0.2) is 5.96 Å². The molecule has 2 aromatic rings. The van der Waals surface area contributed by atoms with Gasteiger partial charge in [-0.3, -0.25) is 0 Å².